The Morgan fingerprint density at radius 2 is 1.70 bits per heavy atom. The van der Waals surface area contributed by atoms with Gasteiger partial charge in [-0.05, 0) is 70.3 Å². The Labute approximate surface area is 134 Å². The summed E-state index contributed by atoms with van der Waals surface area (Å²) in [5.41, 5.74) is 1.64. The van der Waals surface area contributed by atoms with Gasteiger partial charge in [-0.15, -0.1) is 0 Å². The third kappa shape index (κ3) is 4.49. The summed E-state index contributed by atoms with van der Waals surface area (Å²) in [7, 11) is 0. The van der Waals surface area contributed by atoms with E-state index in [2.05, 4.69) is 42.5 Å². The van der Waals surface area contributed by atoms with Gasteiger partial charge in [0.15, 0.2) is 0 Å². The minimum absolute atomic E-state index is 0.448. The predicted molar refractivity (Wildman–Crippen MR) is 85.0 cm³/mol. The molecule has 0 aliphatic carbocycles. The van der Waals surface area contributed by atoms with Gasteiger partial charge in [-0.25, -0.2) is 4.79 Å². The first-order valence-electron chi connectivity index (χ1n) is 5.98. The van der Waals surface area contributed by atoms with Crippen LogP contribution < -0.4 is 10.6 Å². The summed E-state index contributed by atoms with van der Waals surface area (Å²) in [5, 5.41) is 14.2. The molecule has 20 heavy (non-hydrogen) atoms. The van der Waals surface area contributed by atoms with Crippen LogP contribution in [0.15, 0.2) is 21.1 Å². The fourth-order valence-corrected chi connectivity index (χ4v) is 3.13. The van der Waals surface area contributed by atoms with E-state index in [1.54, 1.807) is 13.8 Å². The van der Waals surface area contributed by atoms with E-state index in [1.807, 2.05) is 19.1 Å². The van der Waals surface area contributed by atoms with E-state index in [0.29, 0.717) is 5.69 Å². The average Bonchev–Trinajstić information content (AvgIpc) is 2.32. The van der Waals surface area contributed by atoms with Crippen LogP contribution in [0.25, 0.3) is 0 Å². The van der Waals surface area contributed by atoms with Gasteiger partial charge in [-0.1, -0.05) is 0 Å². The number of amides is 2. The van der Waals surface area contributed by atoms with Gasteiger partial charge in [-0.2, -0.15) is 0 Å². The summed E-state index contributed by atoms with van der Waals surface area (Å²) in [6, 6.07) is 2.83. The van der Waals surface area contributed by atoms with Gasteiger partial charge in [0.1, 0.15) is 0 Å². The molecule has 1 rings (SSSR count). The van der Waals surface area contributed by atoms with Gasteiger partial charge in [0.2, 0.25) is 0 Å². The highest BCUT2D eigenvalue weighted by Crippen LogP contribution is 2.32. The predicted octanol–water partition coefficient (Wildman–Crippen LogP) is 3.75. The van der Waals surface area contributed by atoms with E-state index >= 15 is 0 Å². The molecule has 7 heteroatoms. The van der Waals surface area contributed by atoms with E-state index in [-0.39, 0.29) is 0 Å². The number of halogens is 2. The maximum absolute atomic E-state index is 11.9. The Morgan fingerprint density at radius 1 is 1.20 bits per heavy atom. The van der Waals surface area contributed by atoms with Gasteiger partial charge >= 0.3 is 12.0 Å². The summed E-state index contributed by atoms with van der Waals surface area (Å²) >= 11 is 6.76. The Balaban J connectivity index is 2.75. The highest BCUT2D eigenvalue weighted by atomic mass is 79.9. The van der Waals surface area contributed by atoms with E-state index in [1.165, 1.54) is 0 Å². The van der Waals surface area contributed by atoms with Crippen molar-refractivity contribution in [1.29, 1.82) is 0 Å². The summed E-state index contributed by atoms with van der Waals surface area (Å²) < 4.78 is 1.50. The molecule has 2 unspecified atom stereocenters. The number of carboxylic acid groups (broad SMARTS) is 1. The van der Waals surface area contributed by atoms with E-state index < -0.39 is 24.0 Å². The van der Waals surface area contributed by atoms with Crippen LogP contribution in [0.3, 0.4) is 0 Å². The lowest BCUT2D eigenvalue weighted by molar-refractivity contribution is -0.141. The molecule has 0 bridgehead atoms. The molecule has 0 aliphatic rings. The van der Waals surface area contributed by atoms with Gasteiger partial charge in [-0.3, -0.25) is 4.79 Å². The van der Waals surface area contributed by atoms with Gasteiger partial charge < -0.3 is 15.7 Å². The molecule has 0 saturated heterocycles. The second-order valence-electron chi connectivity index (χ2n) is 4.62. The Morgan fingerprint density at radius 3 is 2.15 bits per heavy atom. The van der Waals surface area contributed by atoms with Crippen LogP contribution in [0.5, 0.6) is 0 Å². The first-order chi connectivity index (χ1) is 9.22. The lowest BCUT2D eigenvalue weighted by atomic mass is 10.0. The lowest BCUT2D eigenvalue weighted by Gasteiger charge is -2.19. The third-order valence-corrected chi connectivity index (χ3v) is 4.17. The molecule has 110 valence electrons. The van der Waals surface area contributed by atoms with E-state index in [0.717, 1.165) is 14.5 Å². The minimum atomic E-state index is -0.949. The number of aryl methyl sites for hydroxylation is 1. The number of anilines is 1. The van der Waals surface area contributed by atoms with Crippen molar-refractivity contribution in [3.05, 3.63) is 26.6 Å². The molecule has 1 aromatic carbocycles. The first kappa shape index (κ1) is 17.0. The monoisotopic (exact) mass is 406 g/mol. The number of hydrogen-bond donors (Lipinski definition) is 3. The maximum atomic E-state index is 11.9. The molecule has 0 spiro atoms. The number of nitrogens with one attached hydrogen (secondary N) is 2. The van der Waals surface area contributed by atoms with Crippen molar-refractivity contribution in [3.8, 4) is 0 Å². The third-order valence-electron chi connectivity index (χ3n) is 2.92. The first-order valence-corrected chi connectivity index (χ1v) is 7.57. The van der Waals surface area contributed by atoms with Crippen molar-refractivity contribution in [3.63, 3.8) is 0 Å². The van der Waals surface area contributed by atoms with Crippen LogP contribution in [0, 0.1) is 12.8 Å². The molecule has 0 saturated carbocycles. The zero-order valence-corrected chi connectivity index (χ0v) is 14.5. The summed E-state index contributed by atoms with van der Waals surface area (Å²) in [6.07, 6.45) is 0. The highest BCUT2D eigenvalue weighted by molar-refractivity contribution is 9.11. The fourth-order valence-electron chi connectivity index (χ4n) is 1.51. The number of carbonyl (C=O) groups excluding carboxylic acids is 1. The lowest BCUT2D eigenvalue weighted by Crippen LogP contribution is -2.42. The molecular weight excluding hydrogens is 392 g/mol. The molecule has 0 aliphatic heterocycles. The number of urea groups is 1. The highest BCUT2D eigenvalue weighted by Gasteiger charge is 2.21. The molecule has 2 atom stereocenters. The standard InChI is InChI=1S/C13H16Br2N2O3/c1-6-4-9(14)11(10(15)5-6)17-13(20)16-8(3)7(2)12(18)19/h4-5,7-8H,1-3H3,(H,18,19)(H2,16,17,20). The fraction of sp³-hybridized carbons (Fsp3) is 0.385. The topological polar surface area (TPSA) is 78.4 Å². The molecule has 2 amide bonds. The van der Waals surface area contributed by atoms with Crippen molar-refractivity contribution in [2.24, 2.45) is 5.92 Å². The smallest absolute Gasteiger partial charge is 0.319 e. The number of benzene rings is 1. The van der Waals surface area contributed by atoms with Gasteiger partial charge in [0.25, 0.3) is 0 Å². The largest absolute Gasteiger partial charge is 0.481 e. The molecule has 0 radical (unpaired) electrons. The molecule has 5 nitrogen and oxygen atoms in total. The van der Waals surface area contributed by atoms with Crippen LogP contribution >= 0.6 is 31.9 Å². The minimum Gasteiger partial charge on any atom is -0.481 e. The van der Waals surface area contributed by atoms with Crippen LogP contribution in [0.2, 0.25) is 0 Å². The van der Waals surface area contributed by atoms with Crippen molar-refractivity contribution < 1.29 is 14.7 Å². The molecular formula is C13H16Br2N2O3. The van der Waals surface area contributed by atoms with Crippen LogP contribution in [0.1, 0.15) is 19.4 Å². The van der Waals surface area contributed by atoms with Gasteiger partial charge in [0, 0.05) is 15.0 Å². The zero-order valence-electron chi connectivity index (χ0n) is 11.3. The zero-order chi connectivity index (χ0) is 15.4. The van der Waals surface area contributed by atoms with E-state index in [9.17, 15) is 9.59 Å². The summed E-state index contributed by atoms with van der Waals surface area (Å²) in [5.74, 6) is -1.61. The van der Waals surface area contributed by atoms with Crippen LogP contribution in [-0.4, -0.2) is 23.1 Å². The molecule has 0 aromatic heterocycles. The Bertz CT molecular complexity index is 511. The normalized spacial score (nSPS) is 13.4. The Kier molecular flexibility index (Phi) is 6.01. The van der Waals surface area contributed by atoms with Crippen LogP contribution in [-0.2, 0) is 4.79 Å². The number of rotatable bonds is 4. The van der Waals surface area contributed by atoms with Gasteiger partial charge in [0.05, 0.1) is 11.6 Å². The number of carboxylic acids is 1. The maximum Gasteiger partial charge on any atom is 0.319 e. The SMILES string of the molecule is Cc1cc(Br)c(NC(=O)NC(C)C(C)C(=O)O)c(Br)c1. The van der Waals surface area contributed by atoms with Crippen molar-refractivity contribution >= 4 is 49.5 Å². The second kappa shape index (κ2) is 7.08. The molecule has 1 aromatic rings. The van der Waals surface area contributed by atoms with Crippen molar-refractivity contribution in [2.45, 2.75) is 26.8 Å². The summed E-state index contributed by atoms with van der Waals surface area (Å²) in [6.45, 7) is 5.14. The number of carbonyl (C=O) groups is 2. The van der Waals surface area contributed by atoms with Crippen molar-refractivity contribution in [2.75, 3.05) is 5.32 Å². The quantitative estimate of drug-likeness (QED) is 0.711. The Hall–Kier alpha value is -1.08. The number of aliphatic carboxylic acids is 1. The van der Waals surface area contributed by atoms with Crippen LogP contribution in [0.4, 0.5) is 10.5 Å². The number of hydrogen-bond acceptors (Lipinski definition) is 2. The molecule has 0 heterocycles. The molecule has 0 fully saturated rings. The second-order valence-corrected chi connectivity index (χ2v) is 6.33. The summed E-state index contributed by atoms with van der Waals surface area (Å²) in [4.78, 5) is 22.7. The molecule has 3 N–H and O–H groups in total. The van der Waals surface area contributed by atoms with Crippen molar-refractivity contribution in [1.82, 2.24) is 5.32 Å². The average molecular weight is 408 g/mol. The van der Waals surface area contributed by atoms with E-state index in [4.69, 9.17) is 5.11 Å².